The minimum absolute atomic E-state index is 0.211. The Morgan fingerprint density at radius 1 is 1.30 bits per heavy atom. The zero-order valence-corrected chi connectivity index (χ0v) is 13.8. The number of pyridine rings is 1. The molecule has 0 saturated carbocycles. The number of hydrogen-bond acceptors (Lipinski definition) is 4. The van der Waals surface area contributed by atoms with Gasteiger partial charge in [0.05, 0.1) is 23.9 Å². The van der Waals surface area contributed by atoms with Gasteiger partial charge in [0.25, 0.3) is 5.91 Å². The fourth-order valence-electron chi connectivity index (χ4n) is 2.32. The highest BCUT2D eigenvalue weighted by Gasteiger charge is 2.23. The van der Waals surface area contributed by atoms with Crippen molar-refractivity contribution in [3.8, 4) is 0 Å². The lowest BCUT2D eigenvalue weighted by molar-refractivity contribution is 0.0376. The second-order valence-electron chi connectivity index (χ2n) is 5.58. The molecule has 0 aliphatic rings. The molecule has 0 atom stereocenters. The maximum absolute atomic E-state index is 12.3. The number of hydrogen-bond donors (Lipinski definition) is 2. The normalized spacial score (nSPS) is 10.7. The van der Waals surface area contributed by atoms with Crippen LogP contribution in [0.3, 0.4) is 0 Å². The molecule has 0 aliphatic carbocycles. The van der Waals surface area contributed by atoms with Gasteiger partial charge in [-0.2, -0.15) is 0 Å². The molecule has 0 spiro atoms. The zero-order valence-electron chi connectivity index (χ0n) is 13.8. The van der Waals surface area contributed by atoms with Crippen molar-refractivity contribution < 1.29 is 14.3 Å². The quantitative estimate of drug-likeness (QED) is 0.830. The smallest absolute Gasteiger partial charge is 0.340 e. The predicted molar refractivity (Wildman–Crippen MR) is 86.2 cm³/mol. The number of rotatable bonds is 5. The Morgan fingerprint density at radius 3 is 2.65 bits per heavy atom. The van der Waals surface area contributed by atoms with Gasteiger partial charge in [-0.25, -0.2) is 4.79 Å². The van der Waals surface area contributed by atoms with E-state index in [0.29, 0.717) is 29.1 Å². The predicted octanol–water partition coefficient (Wildman–Crippen LogP) is 2.52. The number of aromatic nitrogens is 2. The molecule has 2 N–H and O–H groups in total. The van der Waals surface area contributed by atoms with E-state index in [1.54, 1.807) is 33.9 Å². The van der Waals surface area contributed by atoms with Crippen LogP contribution in [0.2, 0.25) is 0 Å². The number of esters is 1. The topological polar surface area (TPSA) is 84.1 Å². The van der Waals surface area contributed by atoms with Gasteiger partial charge in [-0.05, 0) is 45.4 Å². The highest BCUT2D eigenvalue weighted by Crippen LogP contribution is 2.19. The second-order valence-corrected chi connectivity index (χ2v) is 5.58. The molecule has 2 aromatic heterocycles. The molecule has 23 heavy (non-hydrogen) atoms. The number of ether oxygens (including phenoxy) is 1. The summed E-state index contributed by atoms with van der Waals surface area (Å²) in [6.07, 6.45) is 1.46. The van der Waals surface area contributed by atoms with E-state index >= 15 is 0 Å². The van der Waals surface area contributed by atoms with Gasteiger partial charge in [0.2, 0.25) is 0 Å². The van der Waals surface area contributed by atoms with Crippen LogP contribution >= 0.6 is 0 Å². The average Bonchev–Trinajstić information content (AvgIpc) is 2.80. The Labute approximate surface area is 135 Å². The van der Waals surface area contributed by atoms with Crippen LogP contribution < -0.4 is 5.32 Å². The van der Waals surface area contributed by atoms with Crippen molar-refractivity contribution in [2.45, 2.75) is 40.3 Å². The van der Waals surface area contributed by atoms with Gasteiger partial charge in [0.1, 0.15) is 5.69 Å². The van der Waals surface area contributed by atoms with E-state index in [1.807, 2.05) is 18.2 Å². The maximum Gasteiger partial charge on any atom is 0.340 e. The summed E-state index contributed by atoms with van der Waals surface area (Å²) in [6.45, 7) is 7.38. The largest absolute Gasteiger partial charge is 0.459 e. The molecule has 0 unspecified atom stereocenters. The summed E-state index contributed by atoms with van der Waals surface area (Å²) >= 11 is 0. The molecule has 0 bridgehead atoms. The lowest BCUT2D eigenvalue weighted by Crippen LogP contribution is -2.24. The Bertz CT molecular complexity index is 705. The van der Waals surface area contributed by atoms with E-state index in [-0.39, 0.29) is 12.0 Å². The molecule has 0 radical (unpaired) electrons. The van der Waals surface area contributed by atoms with E-state index in [4.69, 9.17) is 4.74 Å². The minimum atomic E-state index is -0.421. The molecular formula is C17H21N3O3. The van der Waals surface area contributed by atoms with Crippen molar-refractivity contribution in [1.29, 1.82) is 0 Å². The molecule has 2 heterocycles. The molecule has 2 aromatic rings. The van der Waals surface area contributed by atoms with E-state index in [1.165, 1.54) is 0 Å². The van der Waals surface area contributed by atoms with Gasteiger partial charge in [0, 0.05) is 11.9 Å². The van der Waals surface area contributed by atoms with Crippen LogP contribution in [0, 0.1) is 13.8 Å². The third-order valence-corrected chi connectivity index (χ3v) is 3.37. The first-order valence-corrected chi connectivity index (χ1v) is 7.48. The summed E-state index contributed by atoms with van der Waals surface area (Å²) in [6, 6.07) is 5.51. The summed E-state index contributed by atoms with van der Waals surface area (Å²) in [4.78, 5) is 31.6. The first-order chi connectivity index (χ1) is 10.9. The van der Waals surface area contributed by atoms with Crippen molar-refractivity contribution in [3.63, 3.8) is 0 Å². The number of aryl methyl sites for hydroxylation is 1. The zero-order chi connectivity index (χ0) is 17.0. The highest BCUT2D eigenvalue weighted by molar-refractivity contribution is 6.00. The standard InChI is InChI=1S/C17H21N3O3/c1-10(2)23-17(22)14-11(3)15(20-12(14)4)16(21)19-9-13-7-5-6-8-18-13/h5-8,10,20H,9H2,1-4H3,(H,19,21). The van der Waals surface area contributed by atoms with Crippen molar-refractivity contribution in [1.82, 2.24) is 15.3 Å². The van der Waals surface area contributed by atoms with Gasteiger partial charge in [0.15, 0.2) is 0 Å². The fourth-order valence-corrected chi connectivity index (χ4v) is 2.32. The molecule has 6 nitrogen and oxygen atoms in total. The van der Waals surface area contributed by atoms with Crippen molar-refractivity contribution >= 4 is 11.9 Å². The Kier molecular flexibility index (Phi) is 5.16. The fraction of sp³-hybridized carbons (Fsp3) is 0.353. The first kappa shape index (κ1) is 16.7. The number of amides is 1. The third-order valence-electron chi connectivity index (χ3n) is 3.37. The van der Waals surface area contributed by atoms with Crippen LogP contribution in [0.1, 0.15) is 51.6 Å². The lowest BCUT2D eigenvalue weighted by Gasteiger charge is -2.08. The average molecular weight is 315 g/mol. The Hall–Kier alpha value is -2.63. The number of H-pyrrole nitrogens is 1. The number of nitrogens with zero attached hydrogens (tertiary/aromatic N) is 1. The van der Waals surface area contributed by atoms with Gasteiger partial charge >= 0.3 is 5.97 Å². The van der Waals surface area contributed by atoms with Crippen LogP contribution in [0.15, 0.2) is 24.4 Å². The van der Waals surface area contributed by atoms with Gasteiger partial charge in [-0.15, -0.1) is 0 Å². The lowest BCUT2D eigenvalue weighted by atomic mass is 10.1. The summed E-state index contributed by atoms with van der Waals surface area (Å²) in [5, 5.41) is 2.79. The van der Waals surface area contributed by atoms with Crippen LogP contribution in [0.4, 0.5) is 0 Å². The van der Waals surface area contributed by atoms with Gasteiger partial charge in [-0.3, -0.25) is 9.78 Å². The third kappa shape index (κ3) is 3.97. The second kappa shape index (κ2) is 7.09. The molecular weight excluding hydrogens is 294 g/mol. The van der Waals surface area contributed by atoms with Crippen LogP contribution in [0.5, 0.6) is 0 Å². The molecule has 122 valence electrons. The van der Waals surface area contributed by atoms with E-state index in [0.717, 1.165) is 5.69 Å². The molecule has 6 heteroatoms. The van der Waals surface area contributed by atoms with Gasteiger partial charge < -0.3 is 15.0 Å². The summed E-state index contributed by atoms with van der Waals surface area (Å²) in [5.41, 5.74) is 2.76. The number of nitrogens with one attached hydrogen (secondary N) is 2. The van der Waals surface area contributed by atoms with Crippen molar-refractivity contribution in [2.24, 2.45) is 0 Å². The molecule has 1 amide bonds. The Balaban J connectivity index is 2.14. The van der Waals surface area contributed by atoms with Crippen molar-refractivity contribution in [2.75, 3.05) is 0 Å². The monoisotopic (exact) mass is 315 g/mol. The summed E-state index contributed by atoms with van der Waals surface area (Å²) in [5.74, 6) is -0.699. The van der Waals surface area contributed by atoms with Crippen molar-refractivity contribution in [3.05, 3.63) is 52.6 Å². The van der Waals surface area contributed by atoms with Crippen LogP contribution in [-0.4, -0.2) is 27.9 Å². The molecule has 0 aliphatic heterocycles. The Morgan fingerprint density at radius 2 is 2.04 bits per heavy atom. The number of aromatic amines is 1. The maximum atomic E-state index is 12.3. The molecule has 0 fully saturated rings. The SMILES string of the molecule is Cc1[nH]c(C(=O)NCc2ccccn2)c(C)c1C(=O)OC(C)C. The van der Waals surface area contributed by atoms with E-state index in [9.17, 15) is 9.59 Å². The highest BCUT2D eigenvalue weighted by atomic mass is 16.5. The van der Waals surface area contributed by atoms with E-state index < -0.39 is 5.97 Å². The van der Waals surface area contributed by atoms with Crippen LogP contribution in [0.25, 0.3) is 0 Å². The molecule has 2 rings (SSSR count). The summed E-state index contributed by atoms with van der Waals surface area (Å²) < 4.78 is 5.22. The minimum Gasteiger partial charge on any atom is -0.459 e. The van der Waals surface area contributed by atoms with E-state index in [2.05, 4.69) is 15.3 Å². The van der Waals surface area contributed by atoms with Crippen LogP contribution in [-0.2, 0) is 11.3 Å². The molecule has 0 saturated heterocycles. The summed E-state index contributed by atoms with van der Waals surface area (Å²) in [7, 11) is 0. The molecule has 0 aromatic carbocycles. The van der Waals surface area contributed by atoms with Gasteiger partial charge in [-0.1, -0.05) is 6.07 Å². The number of carbonyl (C=O) groups is 2. The first-order valence-electron chi connectivity index (χ1n) is 7.48. The number of carbonyl (C=O) groups excluding carboxylic acids is 2.